The Morgan fingerprint density at radius 3 is 2.09 bits per heavy atom. The highest BCUT2D eigenvalue weighted by Crippen LogP contribution is 2.74. The summed E-state index contributed by atoms with van der Waals surface area (Å²) in [7, 11) is 0. The molecule has 0 spiro atoms. The first-order valence-electron chi connectivity index (χ1n) is 7.92. The third-order valence-electron chi connectivity index (χ3n) is 6.09. The molecule has 2 atom stereocenters. The predicted octanol–water partition coefficient (Wildman–Crippen LogP) is 3.80. The van der Waals surface area contributed by atoms with E-state index in [0.29, 0.717) is 18.4 Å². The van der Waals surface area contributed by atoms with Gasteiger partial charge in [0.1, 0.15) is 0 Å². The monoisotopic (exact) mass is 298 g/mol. The van der Waals surface area contributed by atoms with Crippen LogP contribution in [-0.2, 0) is 4.79 Å². The van der Waals surface area contributed by atoms with Crippen molar-refractivity contribution >= 4 is 5.97 Å². The Hall–Kier alpha value is -1.81. The van der Waals surface area contributed by atoms with Gasteiger partial charge in [0, 0.05) is 5.57 Å². The lowest BCUT2D eigenvalue weighted by Crippen LogP contribution is -2.59. The zero-order valence-electron chi connectivity index (χ0n) is 13.3. The van der Waals surface area contributed by atoms with Crippen LogP contribution in [0.4, 0.5) is 0 Å². The molecule has 4 saturated carbocycles. The van der Waals surface area contributed by atoms with Crippen molar-refractivity contribution in [3.05, 3.63) is 11.6 Å². The molecule has 4 nitrogen and oxygen atoms in total. The second-order valence-electron chi connectivity index (χ2n) is 8.55. The standard InChI is InChI=1S/C18H22N2O2/c1-13(14(21)22)3-4-16-5-15(2)6-17(8-16,11-19)10-18(7-15,9-16)12-20/h3H,4-10H2,1-2H3,(H,21,22). The number of rotatable bonds is 3. The topological polar surface area (TPSA) is 84.9 Å². The van der Waals surface area contributed by atoms with Gasteiger partial charge >= 0.3 is 5.97 Å². The Balaban J connectivity index is 2.00. The average molecular weight is 298 g/mol. The van der Waals surface area contributed by atoms with Gasteiger partial charge in [0.05, 0.1) is 23.0 Å². The van der Waals surface area contributed by atoms with Crippen LogP contribution in [0.1, 0.15) is 58.8 Å². The molecule has 4 heteroatoms. The van der Waals surface area contributed by atoms with Crippen molar-refractivity contribution in [2.24, 2.45) is 21.7 Å². The van der Waals surface area contributed by atoms with Crippen molar-refractivity contribution in [2.75, 3.05) is 0 Å². The fraction of sp³-hybridized carbons (Fsp3) is 0.722. The van der Waals surface area contributed by atoms with Crippen LogP contribution in [0.25, 0.3) is 0 Å². The van der Waals surface area contributed by atoms with Crippen LogP contribution >= 0.6 is 0 Å². The van der Waals surface area contributed by atoms with Crippen molar-refractivity contribution in [1.29, 1.82) is 10.5 Å². The van der Waals surface area contributed by atoms with E-state index in [1.807, 2.05) is 0 Å². The second kappa shape index (κ2) is 4.35. The minimum absolute atomic E-state index is 0.0468. The van der Waals surface area contributed by atoms with Crippen molar-refractivity contribution in [2.45, 2.75) is 58.8 Å². The molecule has 4 bridgehead atoms. The third-order valence-corrected chi connectivity index (χ3v) is 6.09. The van der Waals surface area contributed by atoms with Crippen LogP contribution in [0.5, 0.6) is 0 Å². The van der Waals surface area contributed by atoms with Crippen LogP contribution in [0.3, 0.4) is 0 Å². The summed E-state index contributed by atoms with van der Waals surface area (Å²) in [6.07, 6.45) is 7.61. The van der Waals surface area contributed by atoms with Crippen LogP contribution in [-0.4, -0.2) is 11.1 Å². The number of nitriles is 2. The first-order valence-corrected chi connectivity index (χ1v) is 7.92. The molecular formula is C18H22N2O2. The molecule has 0 aliphatic heterocycles. The molecule has 1 N–H and O–H groups in total. The van der Waals surface area contributed by atoms with Gasteiger partial charge in [-0.2, -0.15) is 10.5 Å². The largest absolute Gasteiger partial charge is 0.478 e. The van der Waals surface area contributed by atoms with Crippen LogP contribution in [0.15, 0.2) is 11.6 Å². The molecule has 116 valence electrons. The van der Waals surface area contributed by atoms with Gasteiger partial charge < -0.3 is 5.11 Å². The van der Waals surface area contributed by atoms with E-state index < -0.39 is 5.97 Å². The van der Waals surface area contributed by atoms with Crippen molar-refractivity contribution in [1.82, 2.24) is 0 Å². The van der Waals surface area contributed by atoms with Gasteiger partial charge in [0.25, 0.3) is 0 Å². The lowest BCUT2D eigenvalue weighted by Gasteiger charge is -2.66. The molecule has 2 unspecified atom stereocenters. The second-order valence-corrected chi connectivity index (χ2v) is 8.55. The number of nitrogens with zero attached hydrogens (tertiary/aromatic N) is 2. The number of aliphatic carboxylic acids is 1. The summed E-state index contributed by atoms with van der Waals surface area (Å²) in [4.78, 5) is 11.0. The third kappa shape index (κ3) is 2.13. The summed E-state index contributed by atoms with van der Waals surface area (Å²) in [5.74, 6) is -0.888. The molecule has 0 aromatic carbocycles. The number of hydrogen-bond acceptors (Lipinski definition) is 3. The molecule has 4 rings (SSSR count). The van der Waals surface area contributed by atoms with Crippen LogP contribution in [0, 0.1) is 44.3 Å². The Morgan fingerprint density at radius 1 is 1.09 bits per heavy atom. The average Bonchev–Trinajstić information content (AvgIpc) is 2.42. The van der Waals surface area contributed by atoms with E-state index in [1.165, 1.54) is 0 Å². The highest BCUT2D eigenvalue weighted by molar-refractivity contribution is 5.85. The summed E-state index contributed by atoms with van der Waals surface area (Å²) in [6.45, 7) is 3.83. The van der Waals surface area contributed by atoms with Crippen LogP contribution < -0.4 is 0 Å². The van der Waals surface area contributed by atoms with Crippen molar-refractivity contribution < 1.29 is 9.90 Å². The molecule has 22 heavy (non-hydrogen) atoms. The zero-order valence-corrected chi connectivity index (χ0v) is 13.3. The molecule has 0 radical (unpaired) electrons. The summed E-state index contributed by atoms with van der Waals surface area (Å²) in [5.41, 5.74) is -0.441. The van der Waals surface area contributed by atoms with E-state index in [-0.39, 0.29) is 21.7 Å². The molecule has 0 saturated heterocycles. The normalized spacial score (nSPS) is 46.1. The van der Waals surface area contributed by atoms with E-state index in [0.717, 1.165) is 32.1 Å². The van der Waals surface area contributed by atoms with E-state index in [4.69, 9.17) is 5.11 Å². The maximum atomic E-state index is 11.0. The molecule has 0 heterocycles. The highest BCUT2D eigenvalue weighted by atomic mass is 16.4. The van der Waals surface area contributed by atoms with Gasteiger partial charge in [-0.25, -0.2) is 4.79 Å². The Bertz CT molecular complexity index is 619. The summed E-state index contributed by atoms with van der Waals surface area (Å²) < 4.78 is 0. The number of carboxylic acids is 1. The fourth-order valence-corrected chi connectivity index (χ4v) is 6.28. The Kier molecular flexibility index (Phi) is 2.99. The fourth-order valence-electron chi connectivity index (χ4n) is 6.28. The van der Waals surface area contributed by atoms with Gasteiger partial charge in [-0.3, -0.25) is 0 Å². The maximum Gasteiger partial charge on any atom is 0.330 e. The molecular weight excluding hydrogens is 276 g/mol. The van der Waals surface area contributed by atoms with Crippen LogP contribution in [0.2, 0.25) is 0 Å². The van der Waals surface area contributed by atoms with Crippen molar-refractivity contribution in [3.8, 4) is 12.1 Å². The zero-order chi connectivity index (χ0) is 16.2. The van der Waals surface area contributed by atoms with Gasteiger partial charge in [0.2, 0.25) is 0 Å². The number of hydrogen-bond donors (Lipinski definition) is 1. The number of carbonyl (C=O) groups is 1. The van der Waals surface area contributed by atoms with E-state index in [2.05, 4.69) is 19.1 Å². The highest BCUT2D eigenvalue weighted by Gasteiger charge is 2.67. The molecule has 4 fully saturated rings. The minimum Gasteiger partial charge on any atom is -0.478 e. The Morgan fingerprint density at radius 2 is 1.64 bits per heavy atom. The summed E-state index contributed by atoms with van der Waals surface area (Å²) in [6, 6.07) is 5.08. The molecule has 0 aromatic heterocycles. The number of carboxylic acid groups (broad SMARTS) is 1. The first-order chi connectivity index (χ1) is 10.2. The van der Waals surface area contributed by atoms with E-state index >= 15 is 0 Å². The Labute approximate surface area is 131 Å². The summed E-state index contributed by atoms with van der Waals surface area (Å²) >= 11 is 0. The van der Waals surface area contributed by atoms with Gasteiger partial charge in [-0.15, -0.1) is 0 Å². The van der Waals surface area contributed by atoms with E-state index in [1.54, 1.807) is 13.0 Å². The van der Waals surface area contributed by atoms with E-state index in [9.17, 15) is 15.3 Å². The molecule has 0 amide bonds. The molecule has 4 aliphatic rings. The molecule has 4 aliphatic carbocycles. The van der Waals surface area contributed by atoms with Gasteiger partial charge in [0.15, 0.2) is 0 Å². The number of allylic oxidation sites excluding steroid dienone is 1. The lowest BCUT2D eigenvalue weighted by molar-refractivity contribution is -0.154. The maximum absolute atomic E-state index is 11.0. The first kappa shape index (κ1) is 15.1. The summed E-state index contributed by atoms with van der Waals surface area (Å²) in [5, 5.41) is 28.6. The smallest absolute Gasteiger partial charge is 0.330 e. The van der Waals surface area contributed by atoms with Crippen molar-refractivity contribution in [3.63, 3.8) is 0 Å². The van der Waals surface area contributed by atoms with Gasteiger partial charge in [-0.1, -0.05) is 13.0 Å². The quantitative estimate of drug-likeness (QED) is 0.803. The van der Waals surface area contributed by atoms with Gasteiger partial charge in [-0.05, 0) is 62.7 Å². The minimum atomic E-state index is -0.888. The lowest BCUT2D eigenvalue weighted by atomic mass is 9.36. The molecule has 0 aromatic rings. The SMILES string of the molecule is CC(=CCC12CC3(C)CC(C#N)(CC(C#N)(C3)C1)C2)C(=O)O. The predicted molar refractivity (Wildman–Crippen MR) is 80.3 cm³/mol.